The zero-order chi connectivity index (χ0) is 12.3. The lowest BCUT2D eigenvalue weighted by Crippen LogP contribution is -2.42. The topological polar surface area (TPSA) is 30.5 Å². The first kappa shape index (κ1) is 14.9. The lowest BCUT2D eigenvalue weighted by molar-refractivity contribution is 0.00518. The third kappa shape index (κ3) is 6.39. The SMILES string of the molecule is CCNC1CCCCCCC1OCCCOC. The molecule has 3 heteroatoms. The Morgan fingerprint density at radius 2 is 1.82 bits per heavy atom. The molecule has 2 unspecified atom stereocenters. The van der Waals surface area contributed by atoms with E-state index in [0.717, 1.165) is 26.2 Å². The maximum Gasteiger partial charge on any atom is 0.0728 e. The first-order valence-electron chi connectivity index (χ1n) is 7.22. The summed E-state index contributed by atoms with van der Waals surface area (Å²) in [6, 6.07) is 0.558. The van der Waals surface area contributed by atoms with Gasteiger partial charge in [0.15, 0.2) is 0 Å². The molecule has 1 aliphatic carbocycles. The molecule has 3 nitrogen and oxygen atoms in total. The van der Waals surface area contributed by atoms with Crippen LogP contribution in [0.15, 0.2) is 0 Å². The Morgan fingerprint density at radius 3 is 2.53 bits per heavy atom. The molecule has 0 aromatic heterocycles. The van der Waals surface area contributed by atoms with E-state index in [2.05, 4.69) is 12.2 Å². The predicted octanol–water partition coefficient (Wildman–Crippen LogP) is 2.74. The summed E-state index contributed by atoms with van der Waals surface area (Å²) in [6.07, 6.45) is 9.31. The van der Waals surface area contributed by atoms with Gasteiger partial charge in [-0.25, -0.2) is 0 Å². The van der Waals surface area contributed by atoms with E-state index in [-0.39, 0.29) is 0 Å². The van der Waals surface area contributed by atoms with Gasteiger partial charge in [-0.2, -0.15) is 0 Å². The van der Waals surface area contributed by atoms with Crippen LogP contribution in [0.4, 0.5) is 0 Å². The summed E-state index contributed by atoms with van der Waals surface area (Å²) >= 11 is 0. The molecular weight excluding hydrogens is 214 g/mol. The average molecular weight is 243 g/mol. The summed E-state index contributed by atoms with van der Waals surface area (Å²) in [7, 11) is 1.75. The van der Waals surface area contributed by atoms with Gasteiger partial charge in [0.2, 0.25) is 0 Å². The molecule has 0 radical (unpaired) electrons. The molecule has 0 bridgehead atoms. The Hall–Kier alpha value is -0.120. The van der Waals surface area contributed by atoms with Gasteiger partial charge in [-0.1, -0.05) is 32.6 Å². The number of methoxy groups -OCH3 is 1. The molecule has 1 fully saturated rings. The van der Waals surface area contributed by atoms with E-state index in [9.17, 15) is 0 Å². The van der Waals surface area contributed by atoms with E-state index < -0.39 is 0 Å². The van der Waals surface area contributed by atoms with Gasteiger partial charge in [0.1, 0.15) is 0 Å². The molecule has 1 saturated carbocycles. The summed E-state index contributed by atoms with van der Waals surface area (Å²) < 4.78 is 11.1. The van der Waals surface area contributed by atoms with Crippen LogP contribution in [-0.4, -0.2) is 39.0 Å². The Kier molecular flexibility index (Phi) is 8.67. The van der Waals surface area contributed by atoms with Gasteiger partial charge in [0.05, 0.1) is 6.10 Å². The Bertz CT molecular complexity index is 176. The summed E-state index contributed by atoms with van der Waals surface area (Å²) in [5.74, 6) is 0. The molecule has 0 spiro atoms. The van der Waals surface area contributed by atoms with Crippen molar-refractivity contribution in [3.05, 3.63) is 0 Å². The van der Waals surface area contributed by atoms with Crippen molar-refractivity contribution in [3.63, 3.8) is 0 Å². The van der Waals surface area contributed by atoms with Crippen LogP contribution in [0.5, 0.6) is 0 Å². The van der Waals surface area contributed by atoms with Crippen LogP contribution in [-0.2, 0) is 9.47 Å². The number of hydrogen-bond acceptors (Lipinski definition) is 3. The summed E-state index contributed by atoms with van der Waals surface area (Å²) in [5.41, 5.74) is 0. The van der Waals surface area contributed by atoms with Gasteiger partial charge < -0.3 is 14.8 Å². The lowest BCUT2D eigenvalue weighted by atomic mass is 9.94. The number of hydrogen-bond donors (Lipinski definition) is 1. The van der Waals surface area contributed by atoms with Gasteiger partial charge in [-0.15, -0.1) is 0 Å². The molecule has 17 heavy (non-hydrogen) atoms. The second-order valence-electron chi connectivity index (χ2n) is 4.91. The van der Waals surface area contributed by atoms with Crippen molar-refractivity contribution in [2.24, 2.45) is 0 Å². The van der Waals surface area contributed by atoms with E-state index in [1.807, 2.05) is 0 Å². The summed E-state index contributed by atoms with van der Waals surface area (Å²) in [5, 5.41) is 3.59. The largest absolute Gasteiger partial charge is 0.385 e. The van der Waals surface area contributed by atoms with Crippen molar-refractivity contribution in [2.45, 2.75) is 64.0 Å². The van der Waals surface area contributed by atoms with Gasteiger partial charge in [0, 0.05) is 26.4 Å². The molecule has 2 atom stereocenters. The maximum atomic E-state index is 6.04. The van der Waals surface area contributed by atoms with Crippen molar-refractivity contribution in [1.82, 2.24) is 5.32 Å². The molecule has 102 valence electrons. The van der Waals surface area contributed by atoms with Crippen molar-refractivity contribution in [2.75, 3.05) is 26.9 Å². The molecule has 0 saturated heterocycles. The molecule has 0 aromatic carbocycles. The number of likely N-dealkylation sites (N-methyl/N-ethyl adjacent to an activating group) is 1. The zero-order valence-electron chi connectivity index (χ0n) is 11.5. The lowest BCUT2D eigenvalue weighted by Gasteiger charge is -2.30. The molecule has 0 heterocycles. The fraction of sp³-hybridized carbons (Fsp3) is 1.00. The highest BCUT2D eigenvalue weighted by Crippen LogP contribution is 2.20. The van der Waals surface area contributed by atoms with Crippen LogP contribution in [0.2, 0.25) is 0 Å². The molecule has 0 aliphatic heterocycles. The normalized spacial score (nSPS) is 26.5. The molecule has 1 rings (SSSR count). The highest BCUT2D eigenvalue weighted by molar-refractivity contribution is 4.79. The number of rotatable bonds is 7. The molecule has 0 aromatic rings. The quantitative estimate of drug-likeness (QED) is 0.697. The molecular formula is C14H29NO2. The summed E-state index contributed by atoms with van der Waals surface area (Å²) in [4.78, 5) is 0. The minimum absolute atomic E-state index is 0.409. The van der Waals surface area contributed by atoms with Crippen molar-refractivity contribution < 1.29 is 9.47 Å². The predicted molar refractivity (Wildman–Crippen MR) is 71.4 cm³/mol. The van der Waals surface area contributed by atoms with Crippen LogP contribution in [0.3, 0.4) is 0 Å². The third-order valence-electron chi connectivity index (χ3n) is 3.49. The highest BCUT2D eigenvalue weighted by atomic mass is 16.5. The van der Waals surface area contributed by atoms with E-state index in [1.54, 1.807) is 7.11 Å². The fourth-order valence-corrected chi connectivity index (χ4v) is 2.58. The van der Waals surface area contributed by atoms with Crippen LogP contribution in [0.25, 0.3) is 0 Å². The van der Waals surface area contributed by atoms with Gasteiger partial charge in [-0.3, -0.25) is 0 Å². The minimum atomic E-state index is 0.409. The maximum absolute atomic E-state index is 6.04. The fourth-order valence-electron chi connectivity index (χ4n) is 2.58. The number of nitrogens with one attached hydrogen (secondary N) is 1. The Balaban J connectivity index is 2.31. The summed E-state index contributed by atoms with van der Waals surface area (Å²) in [6.45, 7) is 4.86. The first-order valence-corrected chi connectivity index (χ1v) is 7.22. The second kappa shape index (κ2) is 9.86. The van der Waals surface area contributed by atoms with Gasteiger partial charge in [-0.05, 0) is 25.8 Å². The molecule has 1 aliphatic rings. The first-order chi connectivity index (χ1) is 8.38. The zero-order valence-corrected chi connectivity index (χ0v) is 11.5. The molecule has 1 N–H and O–H groups in total. The smallest absolute Gasteiger partial charge is 0.0728 e. The van der Waals surface area contributed by atoms with Crippen LogP contribution in [0.1, 0.15) is 51.9 Å². The average Bonchev–Trinajstić information content (AvgIpc) is 2.31. The Labute approximate surface area is 106 Å². The van der Waals surface area contributed by atoms with Crippen molar-refractivity contribution >= 4 is 0 Å². The second-order valence-corrected chi connectivity index (χ2v) is 4.91. The van der Waals surface area contributed by atoms with Gasteiger partial charge in [0.25, 0.3) is 0 Å². The van der Waals surface area contributed by atoms with Gasteiger partial charge >= 0.3 is 0 Å². The van der Waals surface area contributed by atoms with E-state index >= 15 is 0 Å². The van der Waals surface area contributed by atoms with Crippen LogP contribution in [0, 0.1) is 0 Å². The minimum Gasteiger partial charge on any atom is -0.385 e. The highest BCUT2D eigenvalue weighted by Gasteiger charge is 2.22. The van der Waals surface area contributed by atoms with Crippen molar-refractivity contribution in [1.29, 1.82) is 0 Å². The standard InChI is InChI=1S/C14H29NO2/c1-3-15-13-9-6-4-5-7-10-14(13)17-12-8-11-16-2/h13-15H,3-12H2,1-2H3. The van der Waals surface area contributed by atoms with E-state index in [0.29, 0.717) is 12.1 Å². The van der Waals surface area contributed by atoms with E-state index in [4.69, 9.17) is 9.47 Å². The van der Waals surface area contributed by atoms with Crippen LogP contribution >= 0.6 is 0 Å². The Morgan fingerprint density at radius 1 is 1.06 bits per heavy atom. The number of ether oxygens (including phenoxy) is 2. The molecule has 0 amide bonds. The monoisotopic (exact) mass is 243 g/mol. The van der Waals surface area contributed by atoms with E-state index in [1.165, 1.54) is 38.5 Å². The van der Waals surface area contributed by atoms with Crippen LogP contribution < -0.4 is 5.32 Å². The van der Waals surface area contributed by atoms with Crippen molar-refractivity contribution in [3.8, 4) is 0 Å². The third-order valence-corrected chi connectivity index (χ3v) is 3.49.